The van der Waals surface area contributed by atoms with E-state index in [9.17, 15) is 18.0 Å². The Morgan fingerprint density at radius 3 is 2.67 bits per heavy atom. The highest BCUT2D eigenvalue weighted by atomic mass is 32.2. The van der Waals surface area contributed by atoms with Crippen molar-refractivity contribution in [2.75, 3.05) is 11.1 Å². The number of nitrogens with zero attached hydrogens (tertiary/aromatic N) is 2. The average molecular weight is 426 g/mol. The summed E-state index contributed by atoms with van der Waals surface area (Å²) in [6.07, 6.45) is 3.67. The Kier molecular flexibility index (Phi) is 5.67. The molecule has 1 amide bonds. The Bertz CT molecular complexity index is 1250. The lowest BCUT2D eigenvalue weighted by Gasteiger charge is -2.11. The first kappa shape index (κ1) is 20.3. The number of benzene rings is 2. The van der Waals surface area contributed by atoms with Crippen LogP contribution in [-0.2, 0) is 27.6 Å². The summed E-state index contributed by atoms with van der Waals surface area (Å²) in [5, 5.41) is 3.15. The third-order valence-corrected chi connectivity index (χ3v) is 7.03. The van der Waals surface area contributed by atoms with E-state index in [0.29, 0.717) is 23.1 Å². The molecule has 8 heteroatoms. The molecule has 1 aliphatic rings. The van der Waals surface area contributed by atoms with E-state index < -0.39 is 15.7 Å². The number of nitrogens with one attached hydrogen (secondary N) is 1. The number of aryl methyl sites for hydroxylation is 1. The predicted octanol–water partition coefficient (Wildman–Crippen LogP) is 2.93. The van der Waals surface area contributed by atoms with E-state index in [1.807, 2.05) is 0 Å². The summed E-state index contributed by atoms with van der Waals surface area (Å²) in [5.41, 5.74) is 0.968. The minimum absolute atomic E-state index is 0.0975. The molecule has 1 aliphatic heterocycles. The SMILES string of the molecule is O=C(CCS(=O)(=O)c1ccccc1)Nc1ccc2nc3n(c(=O)c2c1)CCCCC3. The Labute approximate surface area is 174 Å². The zero-order valence-corrected chi connectivity index (χ0v) is 17.3. The maximum atomic E-state index is 12.9. The molecule has 4 rings (SSSR count). The van der Waals surface area contributed by atoms with Gasteiger partial charge in [0, 0.05) is 25.1 Å². The Hall–Kier alpha value is -3.00. The second-order valence-corrected chi connectivity index (χ2v) is 9.57. The van der Waals surface area contributed by atoms with Crippen molar-refractivity contribution in [2.24, 2.45) is 0 Å². The molecule has 1 aromatic heterocycles. The smallest absolute Gasteiger partial charge is 0.261 e. The van der Waals surface area contributed by atoms with Crippen molar-refractivity contribution < 1.29 is 13.2 Å². The van der Waals surface area contributed by atoms with Crippen LogP contribution >= 0.6 is 0 Å². The zero-order valence-electron chi connectivity index (χ0n) is 16.5. The van der Waals surface area contributed by atoms with Crippen molar-refractivity contribution in [3.8, 4) is 0 Å². The summed E-state index contributed by atoms with van der Waals surface area (Å²) < 4.78 is 26.4. The average Bonchev–Trinajstić information content (AvgIpc) is 2.99. The van der Waals surface area contributed by atoms with Crippen LogP contribution in [0.5, 0.6) is 0 Å². The van der Waals surface area contributed by atoms with Crippen molar-refractivity contribution >= 4 is 32.3 Å². The molecule has 2 aromatic carbocycles. The number of aromatic nitrogens is 2. The van der Waals surface area contributed by atoms with Gasteiger partial charge in [-0.25, -0.2) is 13.4 Å². The summed E-state index contributed by atoms with van der Waals surface area (Å²) in [6, 6.07) is 13.1. The minimum atomic E-state index is -3.53. The molecule has 0 bridgehead atoms. The van der Waals surface area contributed by atoms with E-state index in [1.54, 1.807) is 41.0 Å². The predicted molar refractivity (Wildman–Crippen MR) is 115 cm³/mol. The maximum absolute atomic E-state index is 12.9. The van der Waals surface area contributed by atoms with Gasteiger partial charge in [0.15, 0.2) is 9.84 Å². The van der Waals surface area contributed by atoms with Gasteiger partial charge in [-0.1, -0.05) is 24.6 Å². The van der Waals surface area contributed by atoms with Crippen molar-refractivity contribution in [2.45, 2.75) is 43.5 Å². The number of anilines is 1. The second-order valence-electron chi connectivity index (χ2n) is 7.46. The molecule has 0 saturated carbocycles. The first-order chi connectivity index (χ1) is 14.4. The number of sulfone groups is 1. The van der Waals surface area contributed by atoms with Crippen LogP contribution in [0.1, 0.15) is 31.5 Å². The molecule has 3 aromatic rings. The molecule has 2 heterocycles. The van der Waals surface area contributed by atoms with Gasteiger partial charge in [0.2, 0.25) is 5.91 Å². The highest BCUT2D eigenvalue weighted by Gasteiger charge is 2.17. The molecule has 0 aliphatic carbocycles. The fraction of sp³-hybridized carbons (Fsp3) is 0.318. The Morgan fingerprint density at radius 2 is 1.87 bits per heavy atom. The van der Waals surface area contributed by atoms with Crippen LogP contribution in [0.25, 0.3) is 10.9 Å². The third kappa shape index (κ3) is 4.28. The van der Waals surface area contributed by atoms with E-state index in [4.69, 9.17) is 0 Å². The first-order valence-corrected chi connectivity index (χ1v) is 11.7. The number of hydrogen-bond donors (Lipinski definition) is 1. The van der Waals surface area contributed by atoms with Gasteiger partial charge >= 0.3 is 0 Å². The van der Waals surface area contributed by atoms with Crippen LogP contribution < -0.4 is 10.9 Å². The van der Waals surface area contributed by atoms with Gasteiger partial charge in [0.05, 0.1) is 21.6 Å². The number of carbonyl (C=O) groups is 1. The van der Waals surface area contributed by atoms with E-state index in [0.717, 1.165) is 31.5 Å². The minimum Gasteiger partial charge on any atom is -0.326 e. The molecular formula is C22H23N3O4S. The van der Waals surface area contributed by atoms with Gasteiger partial charge in [-0.3, -0.25) is 14.2 Å². The van der Waals surface area contributed by atoms with Crippen LogP contribution in [0, 0.1) is 0 Å². The van der Waals surface area contributed by atoms with E-state index >= 15 is 0 Å². The number of fused-ring (bicyclic) bond motifs is 2. The molecular weight excluding hydrogens is 402 g/mol. The number of rotatable bonds is 5. The second kappa shape index (κ2) is 8.39. The molecule has 0 spiro atoms. The summed E-state index contributed by atoms with van der Waals surface area (Å²) >= 11 is 0. The van der Waals surface area contributed by atoms with Gasteiger partial charge in [0.25, 0.3) is 5.56 Å². The summed E-state index contributed by atoms with van der Waals surface area (Å²) in [4.78, 5) is 30.1. The lowest BCUT2D eigenvalue weighted by Crippen LogP contribution is -2.24. The molecule has 7 nitrogen and oxygen atoms in total. The Balaban J connectivity index is 1.50. The highest BCUT2D eigenvalue weighted by molar-refractivity contribution is 7.91. The van der Waals surface area contributed by atoms with Crippen LogP contribution in [0.2, 0.25) is 0 Å². The van der Waals surface area contributed by atoms with Gasteiger partial charge < -0.3 is 5.32 Å². The van der Waals surface area contributed by atoms with Gasteiger partial charge in [-0.2, -0.15) is 0 Å². The van der Waals surface area contributed by atoms with Gasteiger partial charge in [-0.15, -0.1) is 0 Å². The number of amides is 1. The molecule has 0 unspecified atom stereocenters. The van der Waals surface area contributed by atoms with Gasteiger partial charge in [0.1, 0.15) is 5.82 Å². The number of hydrogen-bond acceptors (Lipinski definition) is 5. The number of carbonyl (C=O) groups excluding carboxylic acids is 1. The van der Waals surface area contributed by atoms with Crippen LogP contribution in [0.15, 0.2) is 58.2 Å². The molecule has 0 saturated heterocycles. The fourth-order valence-electron chi connectivity index (χ4n) is 3.69. The van der Waals surface area contributed by atoms with Crippen molar-refractivity contribution in [1.29, 1.82) is 0 Å². The normalized spacial score (nSPS) is 14.1. The summed E-state index contributed by atoms with van der Waals surface area (Å²) in [7, 11) is -3.53. The first-order valence-electron chi connectivity index (χ1n) is 10.1. The van der Waals surface area contributed by atoms with Crippen LogP contribution in [-0.4, -0.2) is 29.6 Å². The molecule has 0 atom stereocenters. The van der Waals surface area contributed by atoms with E-state index in [2.05, 4.69) is 10.3 Å². The zero-order chi connectivity index (χ0) is 21.1. The molecule has 30 heavy (non-hydrogen) atoms. The molecule has 1 N–H and O–H groups in total. The van der Waals surface area contributed by atoms with Crippen molar-refractivity contribution in [3.05, 3.63) is 64.7 Å². The monoisotopic (exact) mass is 425 g/mol. The summed E-state index contributed by atoms with van der Waals surface area (Å²) in [6.45, 7) is 0.658. The molecule has 156 valence electrons. The van der Waals surface area contributed by atoms with Gasteiger partial charge in [-0.05, 0) is 43.2 Å². The third-order valence-electron chi connectivity index (χ3n) is 5.30. The largest absolute Gasteiger partial charge is 0.326 e. The highest BCUT2D eigenvalue weighted by Crippen LogP contribution is 2.19. The van der Waals surface area contributed by atoms with E-state index in [1.165, 1.54) is 12.1 Å². The summed E-state index contributed by atoms with van der Waals surface area (Å²) in [5.74, 6) is 0.110. The quantitative estimate of drug-likeness (QED) is 0.678. The van der Waals surface area contributed by atoms with Crippen LogP contribution in [0.4, 0.5) is 5.69 Å². The lowest BCUT2D eigenvalue weighted by molar-refractivity contribution is -0.115. The molecule has 0 radical (unpaired) electrons. The van der Waals surface area contributed by atoms with Crippen molar-refractivity contribution in [1.82, 2.24) is 9.55 Å². The lowest BCUT2D eigenvalue weighted by atomic mass is 10.2. The van der Waals surface area contributed by atoms with Crippen molar-refractivity contribution in [3.63, 3.8) is 0 Å². The topological polar surface area (TPSA) is 98.1 Å². The molecule has 0 fully saturated rings. The van der Waals surface area contributed by atoms with E-state index in [-0.39, 0.29) is 22.6 Å². The standard InChI is InChI=1S/C22H23N3O4S/c26-21(12-14-30(28,29)17-7-3-1-4-8-17)23-16-10-11-19-18(15-16)22(27)25-13-6-2-5-9-20(25)24-19/h1,3-4,7-8,10-11,15H,2,5-6,9,12-14H2,(H,23,26). The van der Waals surface area contributed by atoms with Crippen LogP contribution in [0.3, 0.4) is 0 Å². The Morgan fingerprint density at radius 1 is 1.07 bits per heavy atom. The fourth-order valence-corrected chi connectivity index (χ4v) is 4.95. The maximum Gasteiger partial charge on any atom is 0.261 e.